The van der Waals surface area contributed by atoms with Gasteiger partial charge in [0.2, 0.25) is 5.78 Å². The van der Waals surface area contributed by atoms with Gasteiger partial charge >= 0.3 is 0 Å². The first-order chi connectivity index (χ1) is 11.1. The smallest absolute Gasteiger partial charge is 0.211 e. The van der Waals surface area contributed by atoms with E-state index in [4.69, 9.17) is 0 Å². The van der Waals surface area contributed by atoms with Crippen molar-refractivity contribution in [1.82, 2.24) is 9.78 Å². The van der Waals surface area contributed by atoms with E-state index in [1.165, 1.54) is 0 Å². The summed E-state index contributed by atoms with van der Waals surface area (Å²) in [6.07, 6.45) is 0. The number of hydrogen-bond donors (Lipinski definition) is 0. The molecule has 0 N–H and O–H groups in total. The summed E-state index contributed by atoms with van der Waals surface area (Å²) in [6, 6.07) is 19.1. The molecule has 4 heteroatoms. The van der Waals surface area contributed by atoms with Crippen molar-refractivity contribution in [2.24, 2.45) is 0 Å². The second kappa shape index (κ2) is 6.08. The molecular formula is C19H19N3O. The summed E-state index contributed by atoms with van der Waals surface area (Å²) in [5.41, 5.74) is 4.00. The molecule has 3 aromatic rings. The summed E-state index contributed by atoms with van der Waals surface area (Å²) in [6.45, 7) is 1.89. The highest BCUT2D eigenvalue weighted by molar-refractivity contribution is 6.08. The molecular weight excluding hydrogens is 286 g/mol. The summed E-state index contributed by atoms with van der Waals surface area (Å²) in [7, 11) is 3.95. The van der Waals surface area contributed by atoms with Gasteiger partial charge in [-0.25, -0.2) is 4.68 Å². The number of anilines is 1. The molecule has 0 aliphatic carbocycles. The Morgan fingerprint density at radius 2 is 1.65 bits per heavy atom. The Bertz CT molecular complexity index is 818. The van der Waals surface area contributed by atoms with Gasteiger partial charge in [-0.05, 0) is 49.4 Å². The van der Waals surface area contributed by atoms with Crippen molar-refractivity contribution in [3.8, 4) is 5.69 Å². The van der Waals surface area contributed by atoms with Crippen LogP contribution in [0.5, 0.6) is 0 Å². The van der Waals surface area contributed by atoms with Gasteiger partial charge in [-0.3, -0.25) is 4.79 Å². The maximum absolute atomic E-state index is 12.9. The largest absolute Gasteiger partial charge is 0.378 e. The van der Waals surface area contributed by atoms with Gasteiger partial charge in [-0.2, -0.15) is 5.10 Å². The first-order valence-corrected chi connectivity index (χ1v) is 7.50. The third-order valence-electron chi connectivity index (χ3n) is 3.71. The van der Waals surface area contributed by atoms with Gasteiger partial charge in [0.1, 0.15) is 5.69 Å². The fraction of sp³-hybridized carbons (Fsp3) is 0.158. The number of carbonyl (C=O) groups is 1. The van der Waals surface area contributed by atoms with Gasteiger partial charge in [0, 0.05) is 25.3 Å². The van der Waals surface area contributed by atoms with E-state index in [0.29, 0.717) is 11.3 Å². The molecule has 4 nitrogen and oxygen atoms in total. The number of nitrogens with zero attached hydrogens (tertiary/aromatic N) is 3. The number of para-hydroxylation sites is 1. The molecule has 0 spiro atoms. The van der Waals surface area contributed by atoms with Gasteiger partial charge in [-0.1, -0.05) is 18.2 Å². The van der Waals surface area contributed by atoms with Crippen molar-refractivity contribution < 1.29 is 4.79 Å². The van der Waals surface area contributed by atoms with Crippen molar-refractivity contribution in [3.05, 3.63) is 77.6 Å². The lowest BCUT2D eigenvalue weighted by molar-refractivity contribution is 0.103. The molecule has 0 radical (unpaired) electrons. The molecule has 1 aromatic heterocycles. The summed E-state index contributed by atoms with van der Waals surface area (Å²) in [4.78, 5) is 14.9. The van der Waals surface area contributed by atoms with Gasteiger partial charge in [0.25, 0.3) is 0 Å². The van der Waals surface area contributed by atoms with Crippen LogP contribution < -0.4 is 4.90 Å². The van der Waals surface area contributed by atoms with Crippen LogP contribution in [-0.2, 0) is 0 Å². The van der Waals surface area contributed by atoms with Crippen molar-refractivity contribution in [1.29, 1.82) is 0 Å². The number of rotatable bonds is 4. The Morgan fingerprint density at radius 3 is 2.26 bits per heavy atom. The molecule has 0 saturated carbocycles. The van der Waals surface area contributed by atoms with Crippen molar-refractivity contribution in [2.75, 3.05) is 19.0 Å². The average Bonchev–Trinajstić information content (AvgIpc) is 2.97. The summed E-state index contributed by atoms with van der Waals surface area (Å²) in [5.74, 6) is -0.0280. The predicted octanol–water partition coefficient (Wildman–Crippen LogP) is 3.48. The highest BCUT2D eigenvalue weighted by Gasteiger charge is 2.17. The normalized spacial score (nSPS) is 10.6. The number of hydrogen-bond acceptors (Lipinski definition) is 3. The number of carbonyl (C=O) groups excluding carboxylic acids is 1. The minimum absolute atomic E-state index is 0.0280. The van der Waals surface area contributed by atoms with Crippen LogP contribution in [0.3, 0.4) is 0 Å². The van der Waals surface area contributed by atoms with Crippen LogP contribution in [0.15, 0.2) is 60.7 Å². The van der Waals surface area contributed by atoms with E-state index in [0.717, 1.165) is 17.1 Å². The third-order valence-corrected chi connectivity index (χ3v) is 3.71. The fourth-order valence-electron chi connectivity index (χ4n) is 2.49. The van der Waals surface area contributed by atoms with Crippen LogP contribution in [0.4, 0.5) is 5.69 Å². The number of aromatic nitrogens is 2. The Labute approximate surface area is 136 Å². The Hall–Kier alpha value is -2.88. The molecule has 0 aliphatic rings. The zero-order valence-electron chi connectivity index (χ0n) is 13.5. The molecule has 0 fully saturated rings. The number of aryl methyl sites for hydroxylation is 1. The lowest BCUT2D eigenvalue weighted by Crippen LogP contribution is -2.11. The predicted molar refractivity (Wildman–Crippen MR) is 92.5 cm³/mol. The minimum Gasteiger partial charge on any atom is -0.378 e. The van der Waals surface area contributed by atoms with E-state index in [2.05, 4.69) is 5.10 Å². The zero-order valence-corrected chi connectivity index (χ0v) is 13.5. The average molecular weight is 305 g/mol. The van der Waals surface area contributed by atoms with Crippen molar-refractivity contribution in [3.63, 3.8) is 0 Å². The molecule has 0 amide bonds. The minimum atomic E-state index is -0.0280. The van der Waals surface area contributed by atoms with Crippen LogP contribution in [0.1, 0.15) is 21.7 Å². The maximum atomic E-state index is 12.9. The van der Waals surface area contributed by atoms with E-state index in [-0.39, 0.29) is 5.78 Å². The van der Waals surface area contributed by atoms with Crippen LogP contribution in [0.2, 0.25) is 0 Å². The molecule has 0 atom stereocenters. The lowest BCUT2D eigenvalue weighted by atomic mass is 10.1. The van der Waals surface area contributed by atoms with Crippen LogP contribution >= 0.6 is 0 Å². The number of ketones is 1. The lowest BCUT2D eigenvalue weighted by Gasteiger charge is -2.12. The van der Waals surface area contributed by atoms with Gasteiger partial charge in [0.05, 0.1) is 11.4 Å². The molecule has 0 aliphatic heterocycles. The first-order valence-electron chi connectivity index (χ1n) is 7.50. The van der Waals surface area contributed by atoms with E-state index < -0.39 is 0 Å². The third kappa shape index (κ3) is 3.01. The second-order valence-corrected chi connectivity index (χ2v) is 5.69. The van der Waals surface area contributed by atoms with E-state index in [1.807, 2.05) is 86.6 Å². The van der Waals surface area contributed by atoms with E-state index >= 15 is 0 Å². The number of benzene rings is 2. The monoisotopic (exact) mass is 305 g/mol. The molecule has 0 bridgehead atoms. The maximum Gasteiger partial charge on any atom is 0.211 e. The van der Waals surface area contributed by atoms with Crippen LogP contribution in [0.25, 0.3) is 5.69 Å². The van der Waals surface area contributed by atoms with E-state index in [9.17, 15) is 4.79 Å². The highest BCUT2D eigenvalue weighted by Crippen LogP contribution is 2.18. The van der Waals surface area contributed by atoms with Gasteiger partial charge < -0.3 is 4.90 Å². The zero-order chi connectivity index (χ0) is 16.4. The topological polar surface area (TPSA) is 38.1 Å². The first kappa shape index (κ1) is 15.0. The van der Waals surface area contributed by atoms with Crippen molar-refractivity contribution >= 4 is 11.5 Å². The van der Waals surface area contributed by atoms with Gasteiger partial charge in [0.15, 0.2) is 0 Å². The molecule has 1 heterocycles. The molecule has 2 aromatic carbocycles. The molecule has 3 rings (SSSR count). The highest BCUT2D eigenvalue weighted by atomic mass is 16.1. The molecule has 0 saturated heterocycles. The second-order valence-electron chi connectivity index (χ2n) is 5.69. The Kier molecular flexibility index (Phi) is 3.98. The van der Waals surface area contributed by atoms with Crippen LogP contribution in [0, 0.1) is 6.92 Å². The summed E-state index contributed by atoms with van der Waals surface area (Å²) < 4.78 is 1.71. The van der Waals surface area contributed by atoms with Gasteiger partial charge in [-0.15, -0.1) is 0 Å². The van der Waals surface area contributed by atoms with Crippen LogP contribution in [-0.4, -0.2) is 29.7 Å². The summed E-state index contributed by atoms with van der Waals surface area (Å²) >= 11 is 0. The fourth-order valence-corrected chi connectivity index (χ4v) is 2.49. The standard InChI is InChI=1S/C19H19N3O/c1-14-13-18(22(20-14)17-7-5-4-6-8-17)19(23)15-9-11-16(12-10-15)21(2)3/h4-13H,1-3H3. The Morgan fingerprint density at radius 1 is 1.00 bits per heavy atom. The Balaban J connectivity index is 2.00. The molecule has 23 heavy (non-hydrogen) atoms. The SMILES string of the molecule is Cc1cc(C(=O)c2ccc(N(C)C)cc2)n(-c2ccccc2)n1. The molecule has 0 unspecified atom stereocenters. The van der Waals surface area contributed by atoms with Crippen molar-refractivity contribution in [2.45, 2.75) is 6.92 Å². The van der Waals surface area contributed by atoms with E-state index in [1.54, 1.807) is 4.68 Å². The molecule has 116 valence electrons. The quantitative estimate of drug-likeness (QED) is 0.693. The summed E-state index contributed by atoms with van der Waals surface area (Å²) in [5, 5.41) is 4.46.